The van der Waals surface area contributed by atoms with Crippen molar-refractivity contribution in [2.45, 2.75) is 6.42 Å². The van der Waals surface area contributed by atoms with Crippen LogP contribution in [0.25, 0.3) is 0 Å². The second-order valence-corrected chi connectivity index (χ2v) is 4.28. The van der Waals surface area contributed by atoms with Crippen molar-refractivity contribution in [3.05, 3.63) is 59.9 Å². The van der Waals surface area contributed by atoms with E-state index in [2.05, 4.69) is 5.32 Å². The summed E-state index contributed by atoms with van der Waals surface area (Å²) in [4.78, 5) is 0. The standard InChI is InChI=1S/C16H15FN2O/c17-14-9-13(12-18)10-15(11-14)19-7-4-8-20-16-5-2-1-3-6-16/h1-3,5-6,9-11,19H,4,7-8H2. The van der Waals surface area contributed by atoms with Gasteiger partial charge in [0, 0.05) is 12.2 Å². The van der Waals surface area contributed by atoms with Crippen LogP contribution >= 0.6 is 0 Å². The molecule has 0 aliphatic carbocycles. The number of hydrogen-bond acceptors (Lipinski definition) is 3. The normalized spacial score (nSPS) is 9.80. The van der Waals surface area contributed by atoms with Gasteiger partial charge < -0.3 is 10.1 Å². The van der Waals surface area contributed by atoms with E-state index in [9.17, 15) is 4.39 Å². The van der Waals surface area contributed by atoms with E-state index in [1.807, 2.05) is 36.4 Å². The highest BCUT2D eigenvalue weighted by Crippen LogP contribution is 2.13. The SMILES string of the molecule is N#Cc1cc(F)cc(NCCCOc2ccccc2)c1. The van der Waals surface area contributed by atoms with Crippen molar-refractivity contribution in [1.29, 1.82) is 5.26 Å². The van der Waals surface area contributed by atoms with Gasteiger partial charge in [-0.1, -0.05) is 18.2 Å². The summed E-state index contributed by atoms with van der Waals surface area (Å²) < 4.78 is 18.7. The van der Waals surface area contributed by atoms with Gasteiger partial charge >= 0.3 is 0 Å². The van der Waals surface area contributed by atoms with E-state index in [1.54, 1.807) is 6.07 Å². The van der Waals surface area contributed by atoms with Gasteiger partial charge in [-0.3, -0.25) is 0 Å². The Hall–Kier alpha value is -2.54. The van der Waals surface area contributed by atoms with E-state index in [1.165, 1.54) is 12.1 Å². The van der Waals surface area contributed by atoms with Crippen molar-refractivity contribution in [3.8, 4) is 11.8 Å². The molecule has 0 bridgehead atoms. The molecule has 2 aromatic carbocycles. The lowest BCUT2D eigenvalue weighted by Gasteiger charge is -2.08. The fourth-order valence-electron chi connectivity index (χ4n) is 1.77. The van der Waals surface area contributed by atoms with Gasteiger partial charge in [-0.05, 0) is 36.8 Å². The summed E-state index contributed by atoms with van der Waals surface area (Å²) in [5, 5.41) is 11.8. The predicted molar refractivity (Wildman–Crippen MR) is 76.2 cm³/mol. The maximum atomic E-state index is 13.2. The number of anilines is 1. The van der Waals surface area contributed by atoms with Crippen LogP contribution in [0.4, 0.5) is 10.1 Å². The van der Waals surface area contributed by atoms with E-state index in [0.717, 1.165) is 12.2 Å². The Labute approximate surface area is 117 Å². The Bertz CT molecular complexity index is 593. The molecule has 0 aromatic heterocycles. The fraction of sp³-hybridized carbons (Fsp3) is 0.188. The van der Waals surface area contributed by atoms with Crippen LogP contribution in [0.3, 0.4) is 0 Å². The van der Waals surface area contributed by atoms with Crippen LogP contribution in [0, 0.1) is 17.1 Å². The lowest BCUT2D eigenvalue weighted by molar-refractivity contribution is 0.315. The molecular formula is C16H15FN2O. The number of ether oxygens (including phenoxy) is 1. The number of hydrogen-bond donors (Lipinski definition) is 1. The van der Waals surface area contributed by atoms with Crippen LogP contribution in [0.5, 0.6) is 5.75 Å². The lowest BCUT2D eigenvalue weighted by atomic mass is 10.2. The van der Waals surface area contributed by atoms with E-state index in [4.69, 9.17) is 10.00 Å². The Morgan fingerprint density at radius 3 is 2.70 bits per heavy atom. The molecule has 1 N–H and O–H groups in total. The fourth-order valence-corrected chi connectivity index (χ4v) is 1.77. The molecule has 0 radical (unpaired) electrons. The molecule has 0 aliphatic rings. The van der Waals surface area contributed by atoms with Gasteiger partial charge in [0.2, 0.25) is 0 Å². The van der Waals surface area contributed by atoms with Crippen molar-refractivity contribution in [1.82, 2.24) is 0 Å². The van der Waals surface area contributed by atoms with Crippen molar-refractivity contribution < 1.29 is 9.13 Å². The number of nitriles is 1. The van der Waals surface area contributed by atoms with Crippen LogP contribution < -0.4 is 10.1 Å². The van der Waals surface area contributed by atoms with Gasteiger partial charge in [-0.15, -0.1) is 0 Å². The monoisotopic (exact) mass is 270 g/mol. The molecule has 0 amide bonds. The first kappa shape index (κ1) is 13.9. The molecular weight excluding hydrogens is 255 g/mol. The molecule has 0 aliphatic heterocycles. The highest BCUT2D eigenvalue weighted by molar-refractivity contribution is 5.49. The van der Waals surface area contributed by atoms with Crippen LogP contribution in [-0.2, 0) is 0 Å². The Morgan fingerprint density at radius 1 is 1.15 bits per heavy atom. The third-order valence-corrected chi connectivity index (χ3v) is 2.69. The molecule has 3 nitrogen and oxygen atoms in total. The zero-order valence-corrected chi connectivity index (χ0v) is 11.0. The second kappa shape index (κ2) is 7.15. The minimum absolute atomic E-state index is 0.313. The lowest BCUT2D eigenvalue weighted by Crippen LogP contribution is -2.07. The van der Waals surface area contributed by atoms with Crippen molar-refractivity contribution in [2.75, 3.05) is 18.5 Å². The van der Waals surface area contributed by atoms with E-state index < -0.39 is 5.82 Å². The molecule has 0 unspecified atom stereocenters. The minimum Gasteiger partial charge on any atom is -0.494 e. The number of rotatable bonds is 6. The summed E-state index contributed by atoms with van der Waals surface area (Å²) in [6, 6.07) is 15.7. The van der Waals surface area contributed by atoms with Crippen molar-refractivity contribution in [3.63, 3.8) is 0 Å². The highest BCUT2D eigenvalue weighted by atomic mass is 19.1. The summed E-state index contributed by atoms with van der Waals surface area (Å²) in [6.07, 6.45) is 0.785. The molecule has 4 heteroatoms. The zero-order chi connectivity index (χ0) is 14.2. The first-order valence-corrected chi connectivity index (χ1v) is 6.40. The Morgan fingerprint density at radius 2 is 1.95 bits per heavy atom. The smallest absolute Gasteiger partial charge is 0.126 e. The second-order valence-electron chi connectivity index (χ2n) is 4.28. The summed E-state index contributed by atoms with van der Waals surface area (Å²) in [7, 11) is 0. The summed E-state index contributed by atoms with van der Waals surface area (Å²) >= 11 is 0. The first-order chi connectivity index (χ1) is 9.78. The van der Waals surface area contributed by atoms with Crippen LogP contribution in [0.1, 0.15) is 12.0 Å². The number of benzene rings is 2. The van der Waals surface area contributed by atoms with Gasteiger partial charge in [0.05, 0.1) is 18.2 Å². The molecule has 0 heterocycles. The van der Waals surface area contributed by atoms with Crippen LogP contribution in [0.15, 0.2) is 48.5 Å². The topological polar surface area (TPSA) is 45.0 Å². The van der Waals surface area contributed by atoms with Crippen LogP contribution in [-0.4, -0.2) is 13.2 Å². The Kier molecular flexibility index (Phi) is 4.96. The maximum Gasteiger partial charge on any atom is 0.126 e. The summed E-state index contributed by atoms with van der Waals surface area (Å²) in [6.45, 7) is 1.23. The average Bonchev–Trinajstić information content (AvgIpc) is 2.47. The van der Waals surface area contributed by atoms with Crippen LogP contribution in [0.2, 0.25) is 0 Å². The molecule has 20 heavy (non-hydrogen) atoms. The molecule has 2 rings (SSSR count). The number of halogens is 1. The molecule has 0 spiro atoms. The average molecular weight is 270 g/mol. The predicted octanol–water partition coefficient (Wildman–Crippen LogP) is 3.58. The van der Waals surface area contributed by atoms with Gasteiger partial charge in [-0.25, -0.2) is 4.39 Å². The van der Waals surface area contributed by atoms with E-state index in [0.29, 0.717) is 24.4 Å². The molecule has 0 atom stereocenters. The highest BCUT2D eigenvalue weighted by Gasteiger charge is 2.00. The molecule has 2 aromatic rings. The maximum absolute atomic E-state index is 13.2. The van der Waals surface area contributed by atoms with E-state index >= 15 is 0 Å². The summed E-state index contributed by atoms with van der Waals surface area (Å²) in [5.41, 5.74) is 0.925. The quantitative estimate of drug-likeness (QED) is 0.816. The molecule has 102 valence electrons. The minimum atomic E-state index is -0.410. The molecule has 0 saturated carbocycles. The molecule has 0 fully saturated rings. The zero-order valence-electron chi connectivity index (χ0n) is 11.0. The summed E-state index contributed by atoms with van der Waals surface area (Å²) in [5.74, 6) is 0.428. The Balaban J connectivity index is 1.74. The van der Waals surface area contributed by atoms with Crippen molar-refractivity contribution in [2.24, 2.45) is 0 Å². The number of nitrogens with one attached hydrogen (secondary N) is 1. The third-order valence-electron chi connectivity index (χ3n) is 2.69. The van der Waals surface area contributed by atoms with Gasteiger partial charge in [0.25, 0.3) is 0 Å². The van der Waals surface area contributed by atoms with Gasteiger partial charge in [0.15, 0.2) is 0 Å². The number of para-hydroxylation sites is 1. The van der Waals surface area contributed by atoms with E-state index in [-0.39, 0.29) is 0 Å². The molecule has 0 saturated heterocycles. The van der Waals surface area contributed by atoms with Gasteiger partial charge in [0.1, 0.15) is 11.6 Å². The first-order valence-electron chi connectivity index (χ1n) is 6.40. The third kappa shape index (κ3) is 4.29. The number of nitrogens with zero attached hydrogens (tertiary/aromatic N) is 1. The largest absolute Gasteiger partial charge is 0.494 e. The van der Waals surface area contributed by atoms with Gasteiger partial charge in [-0.2, -0.15) is 5.26 Å². The van der Waals surface area contributed by atoms with Crippen molar-refractivity contribution >= 4 is 5.69 Å².